The van der Waals surface area contributed by atoms with E-state index in [0.29, 0.717) is 23.3 Å². The second-order valence-electron chi connectivity index (χ2n) is 7.82. The van der Waals surface area contributed by atoms with Gasteiger partial charge >= 0.3 is 0 Å². The van der Waals surface area contributed by atoms with Gasteiger partial charge in [-0.05, 0) is 50.1 Å². The molecule has 10 heteroatoms. The SMILES string of the molecule is CC(=O)c1cc(-n2cnc(Nc3nc(N4CCCC4CO)nn4cccc34)c2)ccc1O. The highest BCUT2D eigenvalue weighted by Gasteiger charge is 2.27. The molecule has 0 spiro atoms. The van der Waals surface area contributed by atoms with Gasteiger partial charge in [0.1, 0.15) is 23.4 Å². The second kappa shape index (κ2) is 7.97. The van der Waals surface area contributed by atoms with Gasteiger partial charge in [0.25, 0.3) is 0 Å². The zero-order chi connectivity index (χ0) is 22.2. The number of nitrogens with zero attached hydrogens (tertiary/aromatic N) is 6. The summed E-state index contributed by atoms with van der Waals surface area (Å²) in [4.78, 5) is 22.9. The third-order valence-corrected chi connectivity index (χ3v) is 5.71. The van der Waals surface area contributed by atoms with E-state index in [4.69, 9.17) is 4.98 Å². The van der Waals surface area contributed by atoms with E-state index in [1.54, 1.807) is 33.7 Å². The number of phenols is 1. The number of aromatic nitrogens is 5. The van der Waals surface area contributed by atoms with Crippen LogP contribution in [0.25, 0.3) is 11.2 Å². The molecule has 0 aliphatic carbocycles. The summed E-state index contributed by atoms with van der Waals surface area (Å²) in [5, 5.41) is 27.4. The van der Waals surface area contributed by atoms with Gasteiger partial charge in [-0.25, -0.2) is 9.50 Å². The number of fused-ring (bicyclic) bond motifs is 1. The minimum Gasteiger partial charge on any atom is -0.507 e. The van der Waals surface area contributed by atoms with Gasteiger partial charge in [0.15, 0.2) is 11.6 Å². The molecule has 0 bridgehead atoms. The molecule has 164 valence electrons. The minimum atomic E-state index is -0.213. The molecule has 32 heavy (non-hydrogen) atoms. The lowest BCUT2D eigenvalue weighted by atomic mass is 10.1. The van der Waals surface area contributed by atoms with Crippen LogP contribution in [0, 0.1) is 0 Å². The maximum atomic E-state index is 11.7. The van der Waals surface area contributed by atoms with Crippen molar-refractivity contribution in [1.82, 2.24) is 24.1 Å². The molecule has 0 saturated carbocycles. The number of Topliss-reactive ketones (excluding diaryl/α,β-unsaturated/α-hetero) is 1. The molecule has 1 aromatic carbocycles. The van der Waals surface area contributed by atoms with Crippen molar-refractivity contribution in [2.24, 2.45) is 0 Å². The van der Waals surface area contributed by atoms with Crippen molar-refractivity contribution in [2.75, 3.05) is 23.4 Å². The Hall–Kier alpha value is -3.92. The standard InChI is InChI=1S/C22H23N7O3/c1-14(31)17-10-15(6-7-19(17)32)27-11-20(23-13-27)24-21-18-5-3-9-29(18)26-22(25-21)28-8-2-4-16(28)12-30/h3,5-7,9-11,13,16,30,32H,2,4,8,12H2,1H3,(H,24,25,26). The van der Waals surface area contributed by atoms with Gasteiger partial charge in [0.2, 0.25) is 5.95 Å². The van der Waals surface area contributed by atoms with Crippen LogP contribution in [0.2, 0.25) is 0 Å². The first-order valence-electron chi connectivity index (χ1n) is 10.4. The van der Waals surface area contributed by atoms with Crippen LogP contribution in [-0.4, -0.2) is 59.3 Å². The molecule has 4 aromatic rings. The lowest BCUT2D eigenvalue weighted by molar-refractivity contribution is 0.101. The number of imidazole rings is 1. The predicted octanol–water partition coefficient (Wildman–Crippen LogP) is 2.53. The highest BCUT2D eigenvalue weighted by molar-refractivity contribution is 5.97. The largest absolute Gasteiger partial charge is 0.507 e. The molecular formula is C22H23N7O3. The summed E-state index contributed by atoms with van der Waals surface area (Å²) in [5.41, 5.74) is 1.75. The predicted molar refractivity (Wildman–Crippen MR) is 119 cm³/mol. The van der Waals surface area contributed by atoms with Gasteiger partial charge in [-0.2, -0.15) is 4.98 Å². The van der Waals surface area contributed by atoms with Crippen LogP contribution >= 0.6 is 0 Å². The normalized spacial score (nSPS) is 16.1. The lowest BCUT2D eigenvalue weighted by Gasteiger charge is -2.23. The number of carbonyl (C=O) groups excluding carboxylic acids is 1. The fraction of sp³-hybridized carbons (Fsp3) is 0.273. The van der Waals surface area contributed by atoms with Crippen LogP contribution < -0.4 is 10.2 Å². The van der Waals surface area contributed by atoms with Gasteiger partial charge in [0, 0.05) is 18.4 Å². The Bertz CT molecular complexity index is 1300. The van der Waals surface area contributed by atoms with Crippen molar-refractivity contribution in [3.63, 3.8) is 0 Å². The van der Waals surface area contributed by atoms with Crippen molar-refractivity contribution >= 4 is 28.9 Å². The topological polar surface area (TPSA) is 121 Å². The van der Waals surface area contributed by atoms with Crippen molar-refractivity contribution in [3.8, 4) is 11.4 Å². The molecule has 1 atom stereocenters. The number of hydrogen-bond donors (Lipinski definition) is 3. The van der Waals surface area contributed by atoms with Gasteiger partial charge in [-0.15, -0.1) is 5.10 Å². The number of aliphatic hydroxyl groups excluding tert-OH is 1. The molecule has 0 amide bonds. The molecule has 10 nitrogen and oxygen atoms in total. The smallest absolute Gasteiger partial charge is 0.245 e. The Kier molecular flexibility index (Phi) is 4.98. The summed E-state index contributed by atoms with van der Waals surface area (Å²) >= 11 is 0. The monoisotopic (exact) mass is 433 g/mol. The van der Waals surface area contributed by atoms with Gasteiger partial charge in [-0.1, -0.05) is 0 Å². The second-order valence-corrected chi connectivity index (χ2v) is 7.82. The maximum Gasteiger partial charge on any atom is 0.245 e. The van der Waals surface area contributed by atoms with E-state index in [1.165, 1.54) is 13.0 Å². The van der Waals surface area contributed by atoms with Crippen LogP contribution in [0.4, 0.5) is 17.6 Å². The number of nitrogens with one attached hydrogen (secondary N) is 1. The third kappa shape index (κ3) is 3.54. The molecular weight excluding hydrogens is 410 g/mol. The molecule has 3 N–H and O–H groups in total. The van der Waals surface area contributed by atoms with Crippen molar-refractivity contribution < 1.29 is 15.0 Å². The summed E-state index contributed by atoms with van der Waals surface area (Å²) in [6, 6.07) is 8.65. The Labute approximate surface area is 183 Å². The number of aliphatic hydroxyl groups is 1. The Morgan fingerprint density at radius 3 is 3.00 bits per heavy atom. The average Bonchev–Trinajstić information content (AvgIpc) is 3.54. The van der Waals surface area contributed by atoms with Crippen LogP contribution in [-0.2, 0) is 0 Å². The Balaban J connectivity index is 1.47. The first-order valence-corrected chi connectivity index (χ1v) is 10.4. The zero-order valence-electron chi connectivity index (χ0n) is 17.5. The van der Waals surface area contributed by atoms with Crippen LogP contribution in [0.15, 0.2) is 49.1 Å². The number of phenolic OH excluding ortho intramolecular Hbond substituents is 1. The van der Waals surface area contributed by atoms with Crippen LogP contribution in [0.3, 0.4) is 0 Å². The van der Waals surface area contributed by atoms with E-state index in [-0.39, 0.29) is 29.7 Å². The molecule has 1 aliphatic rings. The summed E-state index contributed by atoms with van der Waals surface area (Å²) in [7, 11) is 0. The summed E-state index contributed by atoms with van der Waals surface area (Å²) in [6.45, 7) is 2.28. The quantitative estimate of drug-likeness (QED) is 0.397. The van der Waals surface area contributed by atoms with Gasteiger partial charge in [-0.3, -0.25) is 4.79 Å². The number of carbonyl (C=O) groups is 1. The number of aromatic hydroxyl groups is 1. The summed E-state index contributed by atoms with van der Waals surface area (Å²) in [6.07, 6.45) is 7.16. The lowest BCUT2D eigenvalue weighted by Crippen LogP contribution is -2.34. The fourth-order valence-electron chi connectivity index (χ4n) is 4.04. The molecule has 0 radical (unpaired) electrons. The first-order chi connectivity index (χ1) is 15.5. The van der Waals surface area contributed by atoms with E-state index < -0.39 is 0 Å². The molecule has 3 aromatic heterocycles. The molecule has 4 heterocycles. The number of ketones is 1. The van der Waals surface area contributed by atoms with Gasteiger partial charge < -0.3 is 25.0 Å². The Morgan fingerprint density at radius 1 is 1.31 bits per heavy atom. The zero-order valence-corrected chi connectivity index (χ0v) is 17.5. The first kappa shape index (κ1) is 20.0. The van der Waals surface area contributed by atoms with Crippen molar-refractivity contribution in [1.29, 1.82) is 0 Å². The number of anilines is 3. The Morgan fingerprint density at radius 2 is 2.19 bits per heavy atom. The third-order valence-electron chi connectivity index (χ3n) is 5.71. The van der Waals surface area contributed by atoms with E-state index in [1.807, 2.05) is 23.2 Å². The highest BCUT2D eigenvalue weighted by atomic mass is 16.3. The number of rotatable bonds is 6. The molecule has 1 unspecified atom stereocenters. The molecule has 1 aliphatic heterocycles. The van der Waals surface area contributed by atoms with E-state index in [2.05, 4.69) is 15.4 Å². The summed E-state index contributed by atoms with van der Waals surface area (Å²) in [5.74, 6) is 1.46. The fourth-order valence-corrected chi connectivity index (χ4v) is 4.04. The van der Waals surface area contributed by atoms with Crippen LogP contribution in [0.5, 0.6) is 5.75 Å². The maximum absolute atomic E-state index is 11.7. The highest BCUT2D eigenvalue weighted by Crippen LogP contribution is 2.27. The number of benzene rings is 1. The molecule has 1 saturated heterocycles. The minimum absolute atomic E-state index is 0.0139. The van der Waals surface area contributed by atoms with Crippen molar-refractivity contribution in [2.45, 2.75) is 25.8 Å². The number of hydrogen-bond acceptors (Lipinski definition) is 8. The molecule has 5 rings (SSSR count). The van der Waals surface area contributed by atoms with E-state index >= 15 is 0 Å². The van der Waals surface area contributed by atoms with Crippen LogP contribution in [0.1, 0.15) is 30.1 Å². The average molecular weight is 433 g/mol. The van der Waals surface area contributed by atoms with E-state index in [0.717, 1.165) is 24.9 Å². The summed E-state index contributed by atoms with van der Waals surface area (Å²) < 4.78 is 3.52. The van der Waals surface area contributed by atoms with E-state index in [9.17, 15) is 15.0 Å². The van der Waals surface area contributed by atoms with Gasteiger partial charge in [0.05, 0.1) is 24.4 Å². The molecule has 1 fully saturated rings. The van der Waals surface area contributed by atoms with Crippen molar-refractivity contribution in [3.05, 3.63) is 54.6 Å².